The van der Waals surface area contributed by atoms with Gasteiger partial charge in [-0.15, -0.1) is 10.2 Å². The first-order chi connectivity index (χ1) is 9.54. The molecule has 3 aromatic rings. The maximum atomic E-state index is 5.73. The fraction of sp³-hybridized carbons (Fsp3) is 0.385. The average molecular weight is 272 g/mol. The van der Waals surface area contributed by atoms with Gasteiger partial charge in [0.15, 0.2) is 18.0 Å². The van der Waals surface area contributed by atoms with E-state index in [-0.39, 0.29) is 12.1 Å². The SMILES string of the molecule is CC(C)(C)n1nnc(COc2cccn3ccnc23)n1. The van der Waals surface area contributed by atoms with Gasteiger partial charge in [-0.1, -0.05) is 0 Å². The Bertz CT molecular complexity index is 724. The fourth-order valence-electron chi connectivity index (χ4n) is 1.76. The summed E-state index contributed by atoms with van der Waals surface area (Å²) in [4.78, 5) is 5.84. The highest BCUT2D eigenvalue weighted by Crippen LogP contribution is 2.18. The third-order valence-electron chi connectivity index (χ3n) is 2.80. The first-order valence-electron chi connectivity index (χ1n) is 6.38. The lowest BCUT2D eigenvalue weighted by atomic mass is 10.1. The first-order valence-corrected chi connectivity index (χ1v) is 6.38. The molecule has 0 spiro atoms. The summed E-state index contributed by atoms with van der Waals surface area (Å²) in [5.41, 5.74) is 0.588. The molecule has 3 heterocycles. The summed E-state index contributed by atoms with van der Waals surface area (Å²) in [7, 11) is 0. The number of hydrogen-bond acceptors (Lipinski definition) is 5. The molecule has 3 aromatic heterocycles. The van der Waals surface area contributed by atoms with E-state index in [4.69, 9.17) is 4.74 Å². The Hall–Kier alpha value is -2.44. The van der Waals surface area contributed by atoms with Crippen LogP contribution in [0.3, 0.4) is 0 Å². The Balaban J connectivity index is 1.76. The molecule has 104 valence electrons. The van der Waals surface area contributed by atoms with Crippen molar-refractivity contribution in [2.75, 3.05) is 0 Å². The predicted octanol–water partition coefficient (Wildman–Crippen LogP) is 1.65. The van der Waals surface area contributed by atoms with Crippen molar-refractivity contribution in [1.29, 1.82) is 0 Å². The number of nitrogens with zero attached hydrogens (tertiary/aromatic N) is 6. The molecule has 0 aliphatic carbocycles. The number of imidazole rings is 1. The van der Waals surface area contributed by atoms with Crippen molar-refractivity contribution in [3.63, 3.8) is 0 Å². The van der Waals surface area contributed by atoms with Crippen LogP contribution < -0.4 is 4.74 Å². The second-order valence-corrected chi connectivity index (χ2v) is 5.49. The van der Waals surface area contributed by atoms with E-state index in [1.54, 1.807) is 11.0 Å². The largest absolute Gasteiger partial charge is 0.482 e. The molecular formula is C13H16N6O. The number of tetrazole rings is 1. The topological polar surface area (TPSA) is 70.1 Å². The van der Waals surface area contributed by atoms with Gasteiger partial charge in [0.05, 0.1) is 5.54 Å². The molecule has 3 rings (SSSR count). The number of fused-ring (bicyclic) bond motifs is 1. The van der Waals surface area contributed by atoms with Crippen molar-refractivity contribution in [1.82, 2.24) is 29.6 Å². The molecule has 0 N–H and O–H groups in total. The van der Waals surface area contributed by atoms with Crippen molar-refractivity contribution in [2.45, 2.75) is 32.9 Å². The van der Waals surface area contributed by atoms with Crippen LogP contribution in [0.1, 0.15) is 26.6 Å². The highest BCUT2D eigenvalue weighted by molar-refractivity contribution is 5.53. The third kappa shape index (κ3) is 2.34. The summed E-state index contributed by atoms with van der Waals surface area (Å²) in [6, 6.07) is 3.78. The van der Waals surface area contributed by atoms with E-state index in [1.807, 2.05) is 49.7 Å². The van der Waals surface area contributed by atoms with Gasteiger partial charge in [0.2, 0.25) is 5.82 Å². The summed E-state index contributed by atoms with van der Waals surface area (Å²) in [5, 5.41) is 12.3. The third-order valence-corrected chi connectivity index (χ3v) is 2.80. The van der Waals surface area contributed by atoms with Gasteiger partial charge in [-0.2, -0.15) is 4.80 Å². The second kappa shape index (κ2) is 4.59. The molecule has 0 saturated heterocycles. The van der Waals surface area contributed by atoms with Crippen LogP contribution in [-0.4, -0.2) is 29.6 Å². The van der Waals surface area contributed by atoms with Crippen LogP contribution in [0.4, 0.5) is 0 Å². The Morgan fingerprint density at radius 2 is 2.10 bits per heavy atom. The minimum Gasteiger partial charge on any atom is -0.482 e. The standard InChI is InChI=1S/C13H16N6O/c1-13(2,3)19-16-11(15-17-19)9-20-10-5-4-7-18-8-6-14-12(10)18/h4-8H,9H2,1-3H3. The zero-order valence-corrected chi connectivity index (χ0v) is 11.7. The highest BCUT2D eigenvalue weighted by Gasteiger charge is 2.17. The number of pyridine rings is 1. The maximum absolute atomic E-state index is 5.73. The summed E-state index contributed by atoms with van der Waals surface area (Å²) in [6.45, 7) is 6.32. The predicted molar refractivity (Wildman–Crippen MR) is 72.3 cm³/mol. The molecule has 0 amide bonds. The van der Waals surface area contributed by atoms with Gasteiger partial charge in [0.1, 0.15) is 0 Å². The number of ether oxygens (including phenoxy) is 1. The quantitative estimate of drug-likeness (QED) is 0.725. The molecule has 0 radical (unpaired) electrons. The monoisotopic (exact) mass is 272 g/mol. The molecule has 0 fully saturated rings. The summed E-state index contributed by atoms with van der Waals surface area (Å²) in [5.74, 6) is 1.25. The van der Waals surface area contributed by atoms with Gasteiger partial charge in [0.25, 0.3) is 0 Å². The van der Waals surface area contributed by atoms with Crippen LogP contribution in [0.5, 0.6) is 5.75 Å². The molecule has 0 aromatic carbocycles. The molecule has 7 heteroatoms. The maximum Gasteiger partial charge on any atom is 0.212 e. The van der Waals surface area contributed by atoms with Gasteiger partial charge in [-0.3, -0.25) is 0 Å². The lowest BCUT2D eigenvalue weighted by molar-refractivity contribution is 0.285. The average Bonchev–Trinajstić information content (AvgIpc) is 3.04. The van der Waals surface area contributed by atoms with Gasteiger partial charge < -0.3 is 9.14 Å². The fourth-order valence-corrected chi connectivity index (χ4v) is 1.76. The molecule has 0 bridgehead atoms. The van der Waals surface area contributed by atoms with E-state index in [0.717, 1.165) is 5.65 Å². The Morgan fingerprint density at radius 3 is 2.85 bits per heavy atom. The first kappa shape index (κ1) is 12.6. The summed E-state index contributed by atoms with van der Waals surface area (Å²) < 4.78 is 7.63. The van der Waals surface area contributed by atoms with Gasteiger partial charge in [-0.25, -0.2) is 4.98 Å². The Kier molecular flexibility index (Phi) is 2.89. The van der Waals surface area contributed by atoms with Crippen LogP contribution in [-0.2, 0) is 12.1 Å². The molecule has 0 aliphatic heterocycles. The van der Waals surface area contributed by atoms with Crippen molar-refractivity contribution in [2.24, 2.45) is 0 Å². The van der Waals surface area contributed by atoms with E-state index < -0.39 is 0 Å². The van der Waals surface area contributed by atoms with Crippen molar-refractivity contribution in [3.05, 3.63) is 36.5 Å². The zero-order valence-electron chi connectivity index (χ0n) is 11.7. The molecule has 7 nitrogen and oxygen atoms in total. The number of hydrogen-bond donors (Lipinski definition) is 0. The van der Waals surface area contributed by atoms with Crippen LogP contribution >= 0.6 is 0 Å². The number of rotatable bonds is 3. The minimum absolute atomic E-state index is 0.186. The Morgan fingerprint density at radius 1 is 1.25 bits per heavy atom. The Labute approximate surface area is 116 Å². The van der Waals surface area contributed by atoms with E-state index in [2.05, 4.69) is 20.4 Å². The second-order valence-electron chi connectivity index (χ2n) is 5.49. The highest BCUT2D eigenvalue weighted by atomic mass is 16.5. The van der Waals surface area contributed by atoms with Crippen molar-refractivity contribution < 1.29 is 4.74 Å². The molecule has 0 atom stereocenters. The molecule has 0 unspecified atom stereocenters. The smallest absolute Gasteiger partial charge is 0.212 e. The summed E-state index contributed by atoms with van der Waals surface area (Å²) >= 11 is 0. The summed E-state index contributed by atoms with van der Waals surface area (Å²) in [6.07, 6.45) is 5.52. The van der Waals surface area contributed by atoms with E-state index in [9.17, 15) is 0 Å². The van der Waals surface area contributed by atoms with E-state index >= 15 is 0 Å². The number of aromatic nitrogens is 6. The molecular weight excluding hydrogens is 256 g/mol. The lowest BCUT2D eigenvalue weighted by Gasteiger charge is -2.15. The lowest BCUT2D eigenvalue weighted by Crippen LogP contribution is -2.24. The van der Waals surface area contributed by atoms with Crippen LogP contribution in [0, 0.1) is 0 Å². The van der Waals surface area contributed by atoms with Gasteiger partial charge in [0, 0.05) is 18.6 Å². The molecule has 0 aliphatic rings. The van der Waals surface area contributed by atoms with Crippen molar-refractivity contribution in [3.8, 4) is 5.75 Å². The van der Waals surface area contributed by atoms with Gasteiger partial charge >= 0.3 is 0 Å². The zero-order chi connectivity index (χ0) is 14.2. The minimum atomic E-state index is -0.186. The van der Waals surface area contributed by atoms with Crippen LogP contribution in [0.15, 0.2) is 30.7 Å². The van der Waals surface area contributed by atoms with Crippen LogP contribution in [0.2, 0.25) is 0 Å². The van der Waals surface area contributed by atoms with Crippen LogP contribution in [0.25, 0.3) is 5.65 Å². The van der Waals surface area contributed by atoms with Crippen molar-refractivity contribution >= 4 is 5.65 Å². The van der Waals surface area contributed by atoms with E-state index in [0.29, 0.717) is 11.6 Å². The molecule has 0 saturated carbocycles. The molecule has 20 heavy (non-hydrogen) atoms. The van der Waals surface area contributed by atoms with Gasteiger partial charge in [-0.05, 0) is 38.1 Å². The normalized spacial score (nSPS) is 11.9. The van der Waals surface area contributed by atoms with E-state index in [1.165, 1.54) is 0 Å².